The van der Waals surface area contributed by atoms with Crippen LogP contribution in [0.15, 0.2) is 42.0 Å². The van der Waals surface area contributed by atoms with Crippen LogP contribution < -0.4 is 0 Å². The highest BCUT2D eigenvalue weighted by Crippen LogP contribution is 2.54. The van der Waals surface area contributed by atoms with Gasteiger partial charge in [-0.05, 0) is 28.3 Å². The molecule has 0 saturated heterocycles. The minimum absolute atomic E-state index is 0.114. The first-order chi connectivity index (χ1) is 10.8. The smallest absolute Gasteiger partial charge is 0.376 e. The summed E-state index contributed by atoms with van der Waals surface area (Å²) in [6.45, 7) is 0. The number of Topliss-reactive ketones (excluding diaryl/α,β-unsaturated/α-hetero) is 1. The van der Waals surface area contributed by atoms with Crippen LogP contribution >= 0.6 is 0 Å². The fourth-order valence-electron chi connectivity index (χ4n) is 3.77. The Morgan fingerprint density at radius 3 is 2.48 bits per heavy atom. The molecule has 5 heteroatoms. The predicted molar refractivity (Wildman–Crippen MR) is 79.7 cm³/mol. The number of carbonyl (C=O) groups excluding carboxylic acids is 1. The van der Waals surface area contributed by atoms with Crippen molar-refractivity contribution in [3.8, 4) is 0 Å². The Morgan fingerprint density at radius 1 is 1.00 bits per heavy atom. The lowest BCUT2D eigenvalue weighted by molar-refractivity contribution is -0.266. The highest BCUT2D eigenvalue weighted by Gasteiger charge is 2.59. The van der Waals surface area contributed by atoms with E-state index in [9.17, 15) is 23.1 Å². The van der Waals surface area contributed by atoms with Gasteiger partial charge in [-0.2, -0.15) is 13.2 Å². The monoisotopic (exact) mass is 318 g/mol. The molecule has 0 bridgehead atoms. The quantitative estimate of drug-likeness (QED) is 0.794. The van der Waals surface area contributed by atoms with Gasteiger partial charge in [-0.15, -0.1) is 0 Å². The van der Waals surface area contributed by atoms with Crippen LogP contribution in [0.5, 0.6) is 0 Å². The van der Waals surface area contributed by atoms with Gasteiger partial charge in [-0.25, -0.2) is 0 Å². The Balaban J connectivity index is 2.13. The number of hydrogen-bond acceptors (Lipinski definition) is 2. The number of allylic oxidation sites excluding steroid dienone is 1. The molecule has 23 heavy (non-hydrogen) atoms. The van der Waals surface area contributed by atoms with Gasteiger partial charge in [-0.3, -0.25) is 4.79 Å². The fraction of sp³-hybridized carbons (Fsp3) is 0.278. The van der Waals surface area contributed by atoms with E-state index >= 15 is 0 Å². The van der Waals surface area contributed by atoms with E-state index in [1.165, 1.54) is 0 Å². The van der Waals surface area contributed by atoms with Gasteiger partial charge in [0.15, 0.2) is 11.4 Å². The van der Waals surface area contributed by atoms with Crippen LogP contribution in [0.4, 0.5) is 13.2 Å². The van der Waals surface area contributed by atoms with Crippen LogP contribution in [-0.2, 0) is 10.4 Å². The molecule has 1 atom stereocenters. The van der Waals surface area contributed by atoms with Crippen LogP contribution in [0.25, 0.3) is 16.3 Å². The molecule has 1 N–H and O–H groups in total. The summed E-state index contributed by atoms with van der Waals surface area (Å²) in [5.41, 5.74) is -1.99. The Hall–Kier alpha value is -2.14. The van der Waals surface area contributed by atoms with Crippen molar-refractivity contribution in [2.24, 2.45) is 0 Å². The van der Waals surface area contributed by atoms with Crippen LogP contribution in [0.2, 0.25) is 0 Å². The van der Waals surface area contributed by atoms with Gasteiger partial charge >= 0.3 is 6.18 Å². The lowest BCUT2D eigenvalue weighted by Gasteiger charge is -2.37. The van der Waals surface area contributed by atoms with Crippen molar-refractivity contribution in [1.29, 1.82) is 0 Å². The van der Waals surface area contributed by atoms with Crippen molar-refractivity contribution in [2.45, 2.75) is 31.0 Å². The summed E-state index contributed by atoms with van der Waals surface area (Å²) in [4.78, 5) is 12.0. The lowest BCUT2D eigenvalue weighted by Crippen LogP contribution is -2.45. The van der Waals surface area contributed by atoms with Crippen LogP contribution in [0.1, 0.15) is 30.4 Å². The molecule has 0 aromatic heterocycles. The molecule has 2 nitrogen and oxygen atoms in total. The van der Waals surface area contributed by atoms with E-state index in [1.54, 1.807) is 36.4 Å². The number of fused-ring (bicyclic) bond motifs is 4. The first kappa shape index (κ1) is 14.5. The second-order valence-electron chi connectivity index (χ2n) is 6.12. The molecule has 0 radical (unpaired) electrons. The normalized spacial score (nSPS) is 24.1. The number of benzene rings is 2. The second kappa shape index (κ2) is 4.45. The molecule has 0 spiro atoms. The molecular weight excluding hydrogens is 305 g/mol. The molecule has 2 aliphatic rings. The zero-order chi connectivity index (χ0) is 16.4. The number of carbonyl (C=O) groups is 1. The number of ketones is 1. The molecule has 0 amide bonds. The van der Waals surface area contributed by atoms with Gasteiger partial charge in [0.1, 0.15) is 0 Å². The maximum atomic E-state index is 13.7. The third-order valence-electron chi connectivity index (χ3n) is 4.87. The summed E-state index contributed by atoms with van der Waals surface area (Å²) in [5.74, 6) is -0.290. The number of halogens is 3. The van der Waals surface area contributed by atoms with E-state index < -0.39 is 18.2 Å². The van der Waals surface area contributed by atoms with E-state index in [1.807, 2.05) is 0 Å². The molecule has 4 rings (SSSR count). The van der Waals surface area contributed by atoms with Gasteiger partial charge < -0.3 is 5.11 Å². The highest BCUT2D eigenvalue weighted by atomic mass is 19.4. The van der Waals surface area contributed by atoms with Gasteiger partial charge in [0, 0.05) is 24.0 Å². The molecule has 0 fully saturated rings. The first-order valence-electron chi connectivity index (χ1n) is 7.40. The van der Waals surface area contributed by atoms with E-state index in [2.05, 4.69) is 0 Å². The van der Waals surface area contributed by atoms with Crippen molar-refractivity contribution in [3.05, 3.63) is 53.1 Å². The summed E-state index contributed by atoms with van der Waals surface area (Å²) < 4.78 is 41.2. The van der Waals surface area contributed by atoms with E-state index in [0.717, 1.165) is 0 Å². The summed E-state index contributed by atoms with van der Waals surface area (Å²) in [5, 5.41) is 11.6. The molecule has 0 aliphatic heterocycles. The summed E-state index contributed by atoms with van der Waals surface area (Å²) in [6.07, 6.45) is -4.89. The number of alkyl halides is 3. The average molecular weight is 318 g/mol. The first-order valence-corrected chi connectivity index (χ1v) is 7.40. The minimum atomic E-state index is -4.85. The molecule has 0 heterocycles. The average Bonchev–Trinajstić information content (AvgIpc) is 2.87. The van der Waals surface area contributed by atoms with Crippen molar-refractivity contribution in [2.75, 3.05) is 0 Å². The van der Waals surface area contributed by atoms with Crippen LogP contribution in [0.3, 0.4) is 0 Å². The van der Waals surface area contributed by atoms with E-state index in [4.69, 9.17) is 0 Å². The summed E-state index contributed by atoms with van der Waals surface area (Å²) in [6, 6.07) is 10.0. The largest absolute Gasteiger partial charge is 0.421 e. The van der Waals surface area contributed by atoms with Crippen LogP contribution in [0, 0.1) is 0 Å². The molecule has 0 saturated carbocycles. The van der Waals surface area contributed by atoms with Crippen molar-refractivity contribution in [1.82, 2.24) is 0 Å². The third-order valence-corrected chi connectivity index (χ3v) is 4.87. The molecule has 118 valence electrons. The predicted octanol–water partition coefficient (Wildman–Crippen LogP) is 4.11. The molecule has 2 aromatic rings. The third kappa shape index (κ3) is 1.83. The van der Waals surface area contributed by atoms with Crippen LogP contribution in [-0.4, -0.2) is 17.1 Å². The Bertz CT molecular complexity index is 879. The highest BCUT2D eigenvalue weighted by molar-refractivity contribution is 6.09. The van der Waals surface area contributed by atoms with E-state index in [0.29, 0.717) is 28.3 Å². The van der Waals surface area contributed by atoms with Gasteiger partial charge in [0.25, 0.3) is 0 Å². The van der Waals surface area contributed by atoms with Crippen molar-refractivity contribution in [3.63, 3.8) is 0 Å². The Labute approximate surface area is 130 Å². The number of hydrogen-bond donors (Lipinski definition) is 1. The lowest BCUT2D eigenvalue weighted by atomic mass is 9.74. The van der Waals surface area contributed by atoms with Gasteiger partial charge in [0.05, 0.1) is 0 Å². The standard InChI is InChI=1S/C18H13F3O2/c19-18(20,21)17(23)9-14-12(7-8-15(14)22)13-6-5-10-3-1-2-4-11(10)16(13)17/h1-6,23H,7-9H2. The number of aliphatic hydroxyl groups is 1. The number of rotatable bonds is 0. The zero-order valence-corrected chi connectivity index (χ0v) is 12.1. The van der Waals surface area contributed by atoms with Gasteiger partial charge in [0.2, 0.25) is 0 Å². The molecule has 1 unspecified atom stereocenters. The molecular formula is C18H13F3O2. The minimum Gasteiger partial charge on any atom is -0.376 e. The van der Waals surface area contributed by atoms with Crippen molar-refractivity contribution < 1.29 is 23.1 Å². The van der Waals surface area contributed by atoms with Gasteiger partial charge in [-0.1, -0.05) is 36.4 Å². The van der Waals surface area contributed by atoms with Crippen molar-refractivity contribution >= 4 is 22.1 Å². The fourth-order valence-corrected chi connectivity index (χ4v) is 3.77. The summed E-state index contributed by atoms with van der Waals surface area (Å²) >= 11 is 0. The topological polar surface area (TPSA) is 37.3 Å². The second-order valence-corrected chi connectivity index (χ2v) is 6.12. The SMILES string of the molecule is O=C1CCC2=C1CC(O)(C(F)(F)F)c1c2ccc2ccccc12. The Kier molecular flexibility index (Phi) is 2.79. The maximum Gasteiger partial charge on any atom is 0.421 e. The zero-order valence-electron chi connectivity index (χ0n) is 12.1. The Morgan fingerprint density at radius 2 is 1.74 bits per heavy atom. The van der Waals surface area contributed by atoms with E-state index in [-0.39, 0.29) is 23.3 Å². The maximum absolute atomic E-state index is 13.7. The molecule has 2 aromatic carbocycles. The molecule has 2 aliphatic carbocycles. The summed E-state index contributed by atoms with van der Waals surface area (Å²) in [7, 11) is 0.